The maximum atomic E-state index is 13.2. The van der Waals surface area contributed by atoms with Crippen LogP contribution in [-0.4, -0.2) is 28.2 Å². The standard InChI is InChI=1S/C11H13FN2O5/c1-6(15)13-9(11(16)17)4-7-2-3-8(12)10(5-7)14(18)19/h2-3,5,9,14,18H,4H2,1H3,(H,13,15)(H,16,17)/t9-/m1/s1. The van der Waals surface area contributed by atoms with Gasteiger partial charge >= 0.3 is 5.97 Å². The molecule has 2 atom stereocenters. The van der Waals surface area contributed by atoms with Crippen LogP contribution in [0.2, 0.25) is 0 Å². The van der Waals surface area contributed by atoms with Crippen LogP contribution >= 0.6 is 0 Å². The molecule has 1 aromatic rings. The molecule has 1 unspecified atom stereocenters. The van der Waals surface area contributed by atoms with Gasteiger partial charge in [-0.2, -0.15) is 5.23 Å². The maximum absolute atomic E-state index is 13.2. The van der Waals surface area contributed by atoms with Gasteiger partial charge in [-0.1, -0.05) is 6.07 Å². The summed E-state index contributed by atoms with van der Waals surface area (Å²) in [5, 5.41) is 29.2. The lowest BCUT2D eigenvalue weighted by atomic mass is 10.1. The van der Waals surface area contributed by atoms with Gasteiger partial charge in [0.05, 0.1) is 0 Å². The van der Waals surface area contributed by atoms with Crippen molar-refractivity contribution in [2.45, 2.75) is 19.4 Å². The first kappa shape index (κ1) is 15.0. The molecule has 0 heterocycles. The highest BCUT2D eigenvalue weighted by molar-refractivity contribution is 5.82. The van der Waals surface area contributed by atoms with Gasteiger partial charge in [-0.25, -0.2) is 14.4 Å². The van der Waals surface area contributed by atoms with Crippen LogP contribution in [0.3, 0.4) is 0 Å². The third kappa shape index (κ3) is 4.28. The van der Waals surface area contributed by atoms with E-state index < -0.39 is 34.6 Å². The zero-order valence-electron chi connectivity index (χ0n) is 10.0. The maximum Gasteiger partial charge on any atom is 0.326 e. The number of aliphatic carboxylic acids is 1. The predicted octanol–water partition coefficient (Wildman–Crippen LogP) is -0.639. The van der Waals surface area contributed by atoms with Gasteiger partial charge < -0.3 is 15.6 Å². The smallest absolute Gasteiger partial charge is 0.326 e. The summed E-state index contributed by atoms with van der Waals surface area (Å²) in [5.41, 5.74) is -0.232. The van der Waals surface area contributed by atoms with E-state index in [1.54, 1.807) is 0 Å². The van der Waals surface area contributed by atoms with Gasteiger partial charge in [-0.3, -0.25) is 4.79 Å². The fourth-order valence-electron chi connectivity index (χ4n) is 1.54. The van der Waals surface area contributed by atoms with E-state index in [9.17, 15) is 19.2 Å². The second-order valence-corrected chi connectivity index (χ2v) is 3.91. The van der Waals surface area contributed by atoms with E-state index in [1.807, 2.05) is 0 Å². The van der Waals surface area contributed by atoms with E-state index in [4.69, 9.17) is 10.3 Å². The molecule has 0 aromatic heterocycles. The Bertz CT molecular complexity index is 492. The molecule has 0 saturated carbocycles. The summed E-state index contributed by atoms with van der Waals surface area (Å²) in [6, 6.07) is 2.09. The summed E-state index contributed by atoms with van der Waals surface area (Å²) in [5.74, 6) is -2.67. The quantitative estimate of drug-likeness (QED) is 0.532. The average molecular weight is 272 g/mol. The monoisotopic (exact) mass is 272 g/mol. The number of carboxylic acids is 1. The Kier molecular flexibility index (Phi) is 4.93. The number of rotatable bonds is 5. The molecule has 0 aliphatic heterocycles. The molecule has 0 spiro atoms. The van der Waals surface area contributed by atoms with Crippen LogP contribution in [0.1, 0.15) is 12.5 Å². The molecule has 19 heavy (non-hydrogen) atoms. The van der Waals surface area contributed by atoms with E-state index in [-0.39, 0.29) is 6.42 Å². The van der Waals surface area contributed by atoms with Crippen LogP contribution in [0.25, 0.3) is 0 Å². The highest BCUT2D eigenvalue weighted by Gasteiger charge is 2.20. The molecule has 7 nitrogen and oxygen atoms in total. The Morgan fingerprint density at radius 2 is 2.16 bits per heavy atom. The molecule has 1 rings (SSSR count). The number of carbonyl (C=O) groups excluding carboxylic acids is 1. The van der Waals surface area contributed by atoms with Gasteiger partial charge in [-0.15, -0.1) is 0 Å². The summed E-state index contributed by atoms with van der Waals surface area (Å²) >= 11 is 0. The Morgan fingerprint density at radius 1 is 1.53 bits per heavy atom. The summed E-state index contributed by atoms with van der Waals surface area (Å²) in [4.78, 5) is 21.8. The van der Waals surface area contributed by atoms with Gasteiger partial charge in [-0.05, 0) is 11.6 Å². The van der Waals surface area contributed by atoms with Crippen LogP contribution in [0.15, 0.2) is 18.2 Å². The Morgan fingerprint density at radius 3 is 2.63 bits per heavy atom. The first-order chi connectivity index (χ1) is 8.81. The van der Waals surface area contributed by atoms with Gasteiger partial charge in [0.2, 0.25) is 5.91 Å². The SMILES string of the molecule is CC(=O)N[C@H](Cc1ccc(F)c([NH+]([O-])O)c1)C(=O)O. The topological polar surface area (TPSA) is 114 Å². The van der Waals surface area contributed by atoms with E-state index >= 15 is 0 Å². The van der Waals surface area contributed by atoms with Crippen LogP contribution in [-0.2, 0) is 16.0 Å². The minimum Gasteiger partial charge on any atom is -0.595 e. The molecule has 0 radical (unpaired) electrons. The first-order valence-electron chi connectivity index (χ1n) is 5.33. The number of benzene rings is 1. The highest BCUT2D eigenvalue weighted by Crippen LogP contribution is 2.13. The minimum absolute atomic E-state index is 0.129. The van der Waals surface area contributed by atoms with E-state index in [1.165, 1.54) is 13.0 Å². The van der Waals surface area contributed by atoms with Crippen LogP contribution in [0.5, 0.6) is 0 Å². The molecular formula is C11H13FN2O5. The number of nitrogens with one attached hydrogen (secondary N) is 2. The minimum atomic E-state index is -1.44. The average Bonchev–Trinajstić information content (AvgIpc) is 2.29. The summed E-state index contributed by atoms with van der Waals surface area (Å²) in [7, 11) is 0. The van der Waals surface area contributed by atoms with Crippen molar-refractivity contribution in [1.82, 2.24) is 5.32 Å². The number of hydrogen-bond acceptors (Lipinski definition) is 4. The molecule has 1 aromatic carbocycles. The molecule has 0 bridgehead atoms. The summed E-state index contributed by atoms with van der Waals surface area (Å²) in [6.45, 7) is 1.17. The van der Waals surface area contributed by atoms with Gasteiger partial charge in [0, 0.05) is 19.4 Å². The van der Waals surface area contributed by atoms with E-state index in [0.717, 1.165) is 12.1 Å². The van der Waals surface area contributed by atoms with Crippen molar-refractivity contribution in [3.05, 3.63) is 34.8 Å². The number of hydrogen-bond donors (Lipinski definition) is 4. The zero-order chi connectivity index (χ0) is 14.6. The third-order valence-corrected chi connectivity index (χ3v) is 2.38. The third-order valence-electron chi connectivity index (χ3n) is 2.38. The van der Waals surface area contributed by atoms with E-state index in [0.29, 0.717) is 5.56 Å². The number of quaternary nitrogens is 1. The van der Waals surface area contributed by atoms with Crippen molar-refractivity contribution in [2.24, 2.45) is 0 Å². The molecular weight excluding hydrogens is 259 g/mol. The lowest BCUT2D eigenvalue weighted by Crippen LogP contribution is -2.99. The van der Waals surface area contributed by atoms with Crippen molar-refractivity contribution >= 4 is 17.6 Å². The van der Waals surface area contributed by atoms with Crippen LogP contribution < -0.4 is 10.5 Å². The van der Waals surface area contributed by atoms with Crippen LogP contribution in [0, 0.1) is 11.0 Å². The number of carboxylic acid groups (broad SMARTS) is 1. The summed E-state index contributed by atoms with van der Waals surface area (Å²) in [6.07, 6.45) is -0.129. The fraction of sp³-hybridized carbons (Fsp3) is 0.273. The van der Waals surface area contributed by atoms with Crippen molar-refractivity contribution in [2.75, 3.05) is 0 Å². The molecule has 8 heteroatoms. The van der Waals surface area contributed by atoms with Crippen molar-refractivity contribution in [3.63, 3.8) is 0 Å². The van der Waals surface area contributed by atoms with Crippen molar-refractivity contribution < 1.29 is 29.5 Å². The first-order valence-corrected chi connectivity index (χ1v) is 5.33. The van der Waals surface area contributed by atoms with Crippen LogP contribution in [0.4, 0.5) is 10.1 Å². The fourth-order valence-corrected chi connectivity index (χ4v) is 1.54. The number of carbonyl (C=O) groups is 2. The molecule has 0 saturated heterocycles. The second kappa shape index (κ2) is 6.23. The van der Waals surface area contributed by atoms with Gasteiger partial charge in [0.15, 0.2) is 11.5 Å². The lowest BCUT2D eigenvalue weighted by molar-refractivity contribution is -0.992. The Labute approximate surface area is 107 Å². The zero-order valence-corrected chi connectivity index (χ0v) is 10.0. The van der Waals surface area contributed by atoms with Crippen molar-refractivity contribution in [3.8, 4) is 0 Å². The molecule has 0 aliphatic carbocycles. The molecule has 0 fully saturated rings. The van der Waals surface area contributed by atoms with Crippen molar-refractivity contribution in [1.29, 1.82) is 0 Å². The largest absolute Gasteiger partial charge is 0.595 e. The second-order valence-electron chi connectivity index (χ2n) is 3.91. The Hall–Kier alpha value is -2.03. The number of amides is 1. The summed E-state index contributed by atoms with van der Waals surface area (Å²) < 4.78 is 13.2. The predicted molar refractivity (Wildman–Crippen MR) is 61.1 cm³/mol. The Balaban J connectivity index is 2.94. The molecule has 1 amide bonds. The number of halogens is 1. The van der Waals surface area contributed by atoms with Gasteiger partial charge in [0.25, 0.3) is 0 Å². The highest BCUT2D eigenvalue weighted by atomic mass is 19.1. The molecule has 4 N–H and O–H groups in total. The van der Waals surface area contributed by atoms with E-state index in [2.05, 4.69) is 5.32 Å². The molecule has 104 valence electrons. The van der Waals surface area contributed by atoms with Gasteiger partial charge in [0.1, 0.15) is 6.04 Å². The normalized spacial score (nSPS) is 13.7. The molecule has 0 aliphatic rings. The lowest BCUT2D eigenvalue weighted by Gasteiger charge is -2.16.